The van der Waals surface area contributed by atoms with E-state index >= 15 is 0 Å². The van der Waals surface area contributed by atoms with Crippen LogP contribution in [0.1, 0.15) is 28.7 Å². The Hall–Kier alpha value is -2.35. The van der Waals surface area contributed by atoms with Crippen LogP contribution in [0, 0.1) is 6.92 Å². The van der Waals surface area contributed by atoms with Crippen molar-refractivity contribution in [2.75, 3.05) is 26.2 Å². The van der Waals surface area contributed by atoms with Crippen molar-refractivity contribution in [2.45, 2.75) is 26.9 Å². The molecule has 4 rings (SSSR count). The topological polar surface area (TPSA) is 67.4 Å². The van der Waals surface area contributed by atoms with E-state index in [1.807, 2.05) is 16.5 Å². The highest BCUT2D eigenvalue weighted by Crippen LogP contribution is 2.31. The van der Waals surface area contributed by atoms with Crippen LogP contribution in [0.5, 0.6) is 0 Å². The van der Waals surface area contributed by atoms with Crippen molar-refractivity contribution >= 4 is 29.1 Å². The number of aryl methyl sites for hydroxylation is 2. The van der Waals surface area contributed by atoms with Gasteiger partial charge in [0.15, 0.2) is 11.5 Å². The van der Waals surface area contributed by atoms with Crippen molar-refractivity contribution in [1.82, 2.24) is 24.7 Å². The molecule has 0 atom stereocenters. The lowest BCUT2D eigenvalue weighted by Gasteiger charge is -2.34. The molecular weight excluding hydrogens is 425 g/mol. The summed E-state index contributed by atoms with van der Waals surface area (Å²) in [4.78, 5) is 17.0. The first-order valence-electron chi connectivity index (χ1n) is 9.91. The van der Waals surface area contributed by atoms with Gasteiger partial charge in [-0.25, -0.2) is 0 Å². The van der Waals surface area contributed by atoms with E-state index in [4.69, 9.17) is 27.7 Å². The minimum atomic E-state index is -0.135. The third kappa shape index (κ3) is 4.38. The lowest BCUT2D eigenvalue weighted by molar-refractivity contribution is 0.0618. The number of nitrogens with zero attached hydrogens (tertiary/aromatic N) is 5. The van der Waals surface area contributed by atoms with E-state index in [9.17, 15) is 4.79 Å². The van der Waals surface area contributed by atoms with E-state index < -0.39 is 0 Å². The van der Waals surface area contributed by atoms with Gasteiger partial charge in [0.1, 0.15) is 0 Å². The molecule has 2 aromatic heterocycles. The molecule has 1 aromatic carbocycles. The van der Waals surface area contributed by atoms with Crippen molar-refractivity contribution in [1.29, 1.82) is 0 Å². The van der Waals surface area contributed by atoms with Crippen molar-refractivity contribution in [3.05, 3.63) is 57.5 Å². The zero-order valence-corrected chi connectivity index (χ0v) is 18.4. The molecule has 1 amide bonds. The molecule has 0 unspecified atom stereocenters. The smallest absolute Gasteiger partial charge is 0.276 e. The Balaban J connectivity index is 1.37. The number of piperazine rings is 1. The van der Waals surface area contributed by atoms with Crippen molar-refractivity contribution in [2.24, 2.45) is 0 Å². The summed E-state index contributed by atoms with van der Waals surface area (Å²) >= 11 is 12.2. The lowest BCUT2D eigenvalue weighted by atomic mass is 10.1. The molecule has 3 aromatic rings. The van der Waals surface area contributed by atoms with Crippen LogP contribution in [0.2, 0.25) is 10.0 Å². The zero-order chi connectivity index (χ0) is 21.3. The molecule has 3 heterocycles. The number of benzene rings is 1. The van der Waals surface area contributed by atoms with Crippen LogP contribution < -0.4 is 0 Å². The first-order chi connectivity index (χ1) is 14.4. The van der Waals surface area contributed by atoms with Gasteiger partial charge in [-0.2, -0.15) is 5.10 Å². The van der Waals surface area contributed by atoms with Gasteiger partial charge < -0.3 is 9.42 Å². The first-order valence-corrected chi connectivity index (χ1v) is 10.7. The minimum Gasteiger partial charge on any atom is -0.355 e. The molecule has 0 spiro atoms. The highest BCUT2D eigenvalue weighted by atomic mass is 35.5. The Morgan fingerprint density at radius 2 is 1.93 bits per heavy atom. The molecule has 0 aliphatic carbocycles. The Kier molecular flexibility index (Phi) is 6.13. The fourth-order valence-electron chi connectivity index (χ4n) is 3.58. The Morgan fingerprint density at radius 1 is 1.17 bits per heavy atom. The van der Waals surface area contributed by atoms with Gasteiger partial charge in [0.05, 0.1) is 10.7 Å². The summed E-state index contributed by atoms with van der Waals surface area (Å²) in [5.41, 5.74) is 3.23. The third-order valence-electron chi connectivity index (χ3n) is 5.35. The summed E-state index contributed by atoms with van der Waals surface area (Å²) in [5.74, 6) is 0.312. The molecule has 9 heteroatoms. The van der Waals surface area contributed by atoms with Crippen LogP contribution in [-0.2, 0) is 13.1 Å². The fraction of sp³-hybridized carbons (Fsp3) is 0.381. The van der Waals surface area contributed by atoms with Gasteiger partial charge in [-0.3, -0.25) is 14.4 Å². The predicted octanol–water partition coefficient (Wildman–Crippen LogP) is 4.13. The SMILES string of the molecule is CCn1cc(CN2CCN(C(=O)c3cc(-c4ccc(Cl)cc4Cl)on3)CC2)c(C)n1. The zero-order valence-electron chi connectivity index (χ0n) is 16.9. The van der Waals surface area contributed by atoms with Gasteiger partial charge in [-0.05, 0) is 32.0 Å². The van der Waals surface area contributed by atoms with E-state index in [-0.39, 0.29) is 11.6 Å². The average Bonchev–Trinajstić information content (AvgIpc) is 3.35. The number of carbonyl (C=O) groups is 1. The summed E-state index contributed by atoms with van der Waals surface area (Å²) in [7, 11) is 0. The summed E-state index contributed by atoms with van der Waals surface area (Å²) in [6, 6.07) is 6.73. The van der Waals surface area contributed by atoms with Gasteiger partial charge in [0.25, 0.3) is 5.91 Å². The van der Waals surface area contributed by atoms with Gasteiger partial charge in [0, 0.05) is 67.7 Å². The summed E-state index contributed by atoms with van der Waals surface area (Å²) in [6.45, 7) is 8.72. The molecule has 1 aliphatic rings. The number of hydrogen-bond donors (Lipinski definition) is 0. The first kappa shape index (κ1) is 20.9. The Bertz CT molecular complexity index is 1050. The van der Waals surface area contributed by atoms with Gasteiger partial charge >= 0.3 is 0 Å². The van der Waals surface area contributed by atoms with E-state index in [2.05, 4.69) is 28.3 Å². The van der Waals surface area contributed by atoms with Crippen molar-refractivity contribution in [3.63, 3.8) is 0 Å². The van der Waals surface area contributed by atoms with Crippen molar-refractivity contribution in [3.8, 4) is 11.3 Å². The Morgan fingerprint density at radius 3 is 2.60 bits per heavy atom. The van der Waals surface area contributed by atoms with Crippen LogP contribution in [0.15, 0.2) is 35.0 Å². The van der Waals surface area contributed by atoms with Gasteiger partial charge in [0.2, 0.25) is 0 Å². The van der Waals surface area contributed by atoms with E-state index in [0.29, 0.717) is 34.5 Å². The third-order valence-corrected chi connectivity index (χ3v) is 5.90. The van der Waals surface area contributed by atoms with E-state index in [0.717, 1.165) is 31.9 Å². The standard InChI is InChI=1S/C21H23Cl2N5O2/c1-3-28-13-15(14(2)24-28)12-26-6-8-27(9-7-26)21(29)19-11-20(30-25-19)17-5-4-16(22)10-18(17)23/h4-5,10-11,13H,3,6-9,12H2,1-2H3. The Labute approximate surface area is 185 Å². The van der Waals surface area contributed by atoms with Crippen LogP contribution >= 0.6 is 23.2 Å². The molecular formula is C21H23Cl2N5O2. The highest BCUT2D eigenvalue weighted by Gasteiger charge is 2.25. The molecule has 0 bridgehead atoms. The maximum atomic E-state index is 12.9. The molecule has 1 saturated heterocycles. The second-order valence-electron chi connectivity index (χ2n) is 7.36. The summed E-state index contributed by atoms with van der Waals surface area (Å²) in [6.07, 6.45) is 2.10. The summed E-state index contributed by atoms with van der Waals surface area (Å²) < 4.78 is 7.32. The molecule has 30 heavy (non-hydrogen) atoms. The molecule has 0 N–H and O–H groups in total. The normalized spacial score (nSPS) is 15.0. The molecule has 0 radical (unpaired) electrons. The van der Waals surface area contributed by atoms with Crippen molar-refractivity contribution < 1.29 is 9.32 Å². The number of hydrogen-bond acceptors (Lipinski definition) is 5. The number of aromatic nitrogens is 3. The molecule has 1 aliphatic heterocycles. The summed E-state index contributed by atoms with van der Waals surface area (Å²) in [5, 5.41) is 9.45. The fourth-order valence-corrected chi connectivity index (χ4v) is 4.08. The minimum absolute atomic E-state index is 0.135. The van der Waals surface area contributed by atoms with Crippen LogP contribution in [-0.4, -0.2) is 56.8 Å². The maximum Gasteiger partial charge on any atom is 0.276 e. The molecule has 0 saturated carbocycles. The van der Waals surface area contributed by atoms with Gasteiger partial charge in [-0.15, -0.1) is 0 Å². The quantitative estimate of drug-likeness (QED) is 0.587. The van der Waals surface area contributed by atoms with E-state index in [1.54, 1.807) is 24.3 Å². The number of carbonyl (C=O) groups excluding carboxylic acids is 1. The maximum absolute atomic E-state index is 12.9. The highest BCUT2D eigenvalue weighted by molar-refractivity contribution is 6.36. The predicted molar refractivity (Wildman–Crippen MR) is 116 cm³/mol. The van der Waals surface area contributed by atoms with Crippen LogP contribution in [0.25, 0.3) is 11.3 Å². The van der Waals surface area contributed by atoms with Gasteiger partial charge in [-0.1, -0.05) is 28.4 Å². The number of amides is 1. The largest absolute Gasteiger partial charge is 0.355 e. The van der Waals surface area contributed by atoms with E-state index in [1.165, 1.54) is 5.56 Å². The monoisotopic (exact) mass is 447 g/mol. The molecule has 7 nitrogen and oxygen atoms in total. The van der Waals surface area contributed by atoms with Crippen LogP contribution in [0.4, 0.5) is 0 Å². The molecule has 1 fully saturated rings. The second kappa shape index (κ2) is 8.79. The molecule has 158 valence electrons. The average molecular weight is 448 g/mol. The lowest BCUT2D eigenvalue weighted by Crippen LogP contribution is -2.48. The second-order valence-corrected chi connectivity index (χ2v) is 8.21. The number of halogens is 2. The van der Waals surface area contributed by atoms with Crippen LogP contribution in [0.3, 0.4) is 0 Å². The number of rotatable bonds is 5.